The summed E-state index contributed by atoms with van der Waals surface area (Å²) >= 11 is 1.69. The summed E-state index contributed by atoms with van der Waals surface area (Å²) in [7, 11) is 0. The molecule has 0 saturated heterocycles. The van der Waals surface area contributed by atoms with E-state index in [9.17, 15) is 0 Å². The molecule has 0 spiro atoms. The first-order valence-corrected chi connectivity index (χ1v) is 8.44. The molecule has 1 unspecified atom stereocenters. The lowest BCUT2D eigenvalue weighted by molar-refractivity contribution is 0.285. The first-order valence-electron chi connectivity index (χ1n) is 7.46. The van der Waals surface area contributed by atoms with E-state index in [4.69, 9.17) is 4.42 Å². The van der Waals surface area contributed by atoms with Crippen LogP contribution in [-0.2, 0) is 0 Å². The summed E-state index contributed by atoms with van der Waals surface area (Å²) in [5.74, 6) is 2.50. The molecule has 1 N–H and O–H groups in total. The summed E-state index contributed by atoms with van der Waals surface area (Å²) in [6, 6.07) is 0.581. The number of aryl methyl sites for hydroxylation is 1. The van der Waals surface area contributed by atoms with Crippen LogP contribution in [0.5, 0.6) is 0 Å². The second kappa shape index (κ2) is 7.90. The normalized spacial score (nSPS) is 18.6. The lowest BCUT2D eigenvalue weighted by Gasteiger charge is -2.30. The van der Waals surface area contributed by atoms with E-state index in [0.717, 1.165) is 18.2 Å². The zero-order valence-electron chi connectivity index (χ0n) is 12.0. The van der Waals surface area contributed by atoms with E-state index in [1.165, 1.54) is 38.5 Å². The van der Waals surface area contributed by atoms with Gasteiger partial charge in [-0.05, 0) is 31.7 Å². The van der Waals surface area contributed by atoms with Gasteiger partial charge in [0.15, 0.2) is 0 Å². The predicted octanol–water partition coefficient (Wildman–Crippen LogP) is 3.42. The van der Waals surface area contributed by atoms with E-state index in [0.29, 0.717) is 17.2 Å². The molecule has 19 heavy (non-hydrogen) atoms. The SMILES string of the molecule is CCCNC(CSc1nnc(C)o1)C1CCCCC1. The quantitative estimate of drug-likeness (QED) is 0.777. The van der Waals surface area contributed by atoms with Crippen LogP contribution in [-0.4, -0.2) is 28.5 Å². The van der Waals surface area contributed by atoms with Gasteiger partial charge in [0.05, 0.1) is 0 Å². The van der Waals surface area contributed by atoms with Crippen molar-refractivity contribution in [1.29, 1.82) is 0 Å². The zero-order valence-corrected chi connectivity index (χ0v) is 12.8. The maximum atomic E-state index is 5.44. The number of nitrogens with one attached hydrogen (secondary N) is 1. The van der Waals surface area contributed by atoms with Gasteiger partial charge in [-0.3, -0.25) is 0 Å². The molecule has 1 atom stereocenters. The topological polar surface area (TPSA) is 51.0 Å². The van der Waals surface area contributed by atoms with Crippen molar-refractivity contribution in [2.45, 2.75) is 63.6 Å². The van der Waals surface area contributed by atoms with Gasteiger partial charge in [-0.25, -0.2) is 0 Å². The van der Waals surface area contributed by atoms with E-state index in [2.05, 4.69) is 22.4 Å². The fraction of sp³-hybridized carbons (Fsp3) is 0.857. The second-order valence-corrected chi connectivity index (χ2v) is 6.33. The van der Waals surface area contributed by atoms with Crippen LogP contribution in [0.4, 0.5) is 0 Å². The number of rotatable bonds is 7. The van der Waals surface area contributed by atoms with Crippen molar-refractivity contribution in [3.05, 3.63) is 5.89 Å². The van der Waals surface area contributed by atoms with Gasteiger partial charge in [0.1, 0.15) is 0 Å². The van der Waals surface area contributed by atoms with E-state index >= 15 is 0 Å². The minimum atomic E-state index is 0.581. The Balaban J connectivity index is 1.85. The Labute approximate surface area is 120 Å². The molecule has 1 aliphatic rings. The Morgan fingerprint density at radius 2 is 2.11 bits per heavy atom. The molecule has 4 nitrogen and oxygen atoms in total. The smallest absolute Gasteiger partial charge is 0.276 e. The van der Waals surface area contributed by atoms with Gasteiger partial charge >= 0.3 is 0 Å². The van der Waals surface area contributed by atoms with Crippen molar-refractivity contribution in [3.63, 3.8) is 0 Å². The first kappa shape index (κ1) is 14.9. The largest absolute Gasteiger partial charge is 0.416 e. The van der Waals surface area contributed by atoms with Gasteiger partial charge in [0.25, 0.3) is 5.22 Å². The lowest BCUT2D eigenvalue weighted by atomic mass is 9.84. The highest BCUT2D eigenvalue weighted by Gasteiger charge is 2.23. The second-order valence-electron chi connectivity index (χ2n) is 5.36. The molecule has 1 aromatic rings. The summed E-state index contributed by atoms with van der Waals surface area (Å²) in [6.45, 7) is 5.16. The van der Waals surface area contributed by atoms with Crippen LogP contribution in [0.15, 0.2) is 9.64 Å². The molecule has 1 aliphatic carbocycles. The van der Waals surface area contributed by atoms with Gasteiger partial charge in [-0.2, -0.15) is 0 Å². The number of aromatic nitrogens is 2. The molecule has 2 rings (SSSR count). The Bertz CT molecular complexity index is 363. The Morgan fingerprint density at radius 3 is 2.74 bits per heavy atom. The van der Waals surface area contributed by atoms with E-state index < -0.39 is 0 Å². The minimum absolute atomic E-state index is 0.581. The standard InChI is InChI=1S/C14H25N3OS/c1-3-9-15-13(12-7-5-4-6-8-12)10-19-14-17-16-11(2)18-14/h12-13,15H,3-10H2,1-2H3. The molecule has 5 heteroatoms. The Hall–Kier alpha value is -0.550. The van der Waals surface area contributed by atoms with Crippen molar-refractivity contribution in [3.8, 4) is 0 Å². The highest BCUT2D eigenvalue weighted by atomic mass is 32.2. The Morgan fingerprint density at radius 1 is 1.32 bits per heavy atom. The van der Waals surface area contributed by atoms with Gasteiger partial charge in [-0.15, -0.1) is 10.2 Å². The molecule has 1 aromatic heterocycles. The summed E-state index contributed by atoms with van der Waals surface area (Å²) in [4.78, 5) is 0. The van der Waals surface area contributed by atoms with Crippen molar-refractivity contribution in [1.82, 2.24) is 15.5 Å². The minimum Gasteiger partial charge on any atom is -0.416 e. The van der Waals surface area contributed by atoms with E-state index in [-0.39, 0.29) is 0 Å². The van der Waals surface area contributed by atoms with Crippen molar-refractivity contribution < 1.29 is 4.42 Å². The van der Waals surface area contributed by atoms with Crippen molar-refractivity contribution in [2.24, 2.45) is 5.92 Å². The third-order valence-electron chi connectivity index (χ3n) is 3.77. The van der Waals surface area contributed by atoms with Crippen molar-refractivity contribution >= 4 is 11.8 Å². The number of thioether (sulfide) groups is 1. The molecule has 1 heterocycles. The van der Waals surface area contributed by atoms with Crippen molar-refractivity contribution in [2.75, 3.05) is 12.3 Å². The van der Waals surface area contributed by atoms with E-state index in [1.54, 1.807) is 11.8 Å². The van der Waals surface area contributed by atoms with Crippen LogP contribution in [0.2, 0.25) is 0 Å². The van der Waals surface area contributed by atoms with E-state index in [1.807, 2.05) is 6.92 Å². The molecule has 0 bridgehead atoms. The first-order chi connectivity index (χ1) is 9.29. The fourth-order valence-electron chi connectivity index (χ4n) is 2.73. The Kier molecular flexibility index (Phi) is 6.17. The number of hydrogen-bond acceptors (Lipinski definition) is 5. The summed E-state index contributed by atoms with van der Waals surface area (Å²) in [6.07, 6.45) is 8.11. The zero-order chi connectivity index (χ0) is 13.5. The van der Waals surface area contributed by atoms with Gasteiger partial charge in [0.2, 0.25) is 5.89 Å². The van der Waals surface area contributed by atoms with Gasteiger partial charge in [0, 0.05) is 18.7 Å². The molecular weight excluding hydrogens is 258 g/mol. The highest BCUT2D eigenvalue weighted by Crippen LogP contribution is 2.29. The third-order valence-corrected chi connectivity index (χ3v) is 4.71. The summed E-state index contributed by atoms with van der Waals surface area (Å²) < 4.78 is 5.44. The average Bonchev–Trinajstić information content (AvgIpc) is 2.86. The van der Waals surface area contributed by atoms with Crippen LogP contribution in [0.25, 0.3) is 0 Å². The third kappa shape index (κ3) is 4.80. The summed E-state index contributed by atoms with van der Waals surface area (Å²) in [5.41, 5.74) is 0. The van der Waals surface area contributed by atoms with Crippen LogP contribution >= 0.6 is 11.8 Å². The summed E-state index contributed by atoms with van der Waals surface area (Å²) in [5, 5.41) is 12.4. The monoisotopic (exact) mass is 283 g/mol. The molecule has 0 aliphatic heterocycles. The van der Waals surface area contributed by atoms with Crippen LogP contribution < -0.4 is 5.32 Å². The average molecular weight is 283 g/mol. The molecule has 1 saturated carbocycles. The molecule has 0 aromatic carbocycles. The number of nitrogens with zero attached hydrogens (tertiary/aromatic N) is 2. The molecule has 108 valence electrons. The molecule has 0 radical (unpaired) electrons. The van der Waals surface area contributed by atoms with Crippen LogP contribution in [0, 0.1) is 12.8 Å². The maximum Gasteiger partial charge on any atom is 0.276 e. The molecule has 1 fully saturated rings. The highest BCUT2D eigenvalue weighted by molar-refractivity contribution is 7.99. The predicted molar refractivity (Wildman–Crippen MR) is 78.4 cm³/mol. The molecule has 0 amide bonds. The molecular formula is C14H25N3OS. The maximum absolute atomic E-state index is 5.44. The lowest BCUT2D eigenvalue weighted by Crippen LogP contribution is -2.39. The van der Waals surface area contributed by atoms with Gasteiger partial charge < -0.3 is 9.73 Å². The van der Waals surface area contributed by atoms with Crippen LogP contribution in [0.1, 0.15) is 51.3 Å². The van der Waals surface area contributed by atoms with Gasteiger partial charge in [-0.1, -0.05) is 37.9 Å². The fourth-order valence-corrected chi connectivity index (χ4v) is 3.72. The van der Waals surface area contributed by atoms with Crippen LogP contribution in [0.3, 0.4) is 0 Å². The number of hydrogen-bond donors (Lipinski definition) is 1.